The van der Waals surface area contributed by atoms with Gasteiger partial charge in [-0.05, 0) is 0 Å². The Hall–Kier alpha value is -4.21. The number of hydrogen-bond acceptors (Lipinski definition) is 5. The Bertz CT molecular complexity index is 895. The van der Waals surface area contributed by atoms with Crippen molar-refractivity contribution in [2.75, 3.05) is 0 Å². The van der Waals surface area contributed by atoms with Gasteiger partial charge >= 0.3 is 21.1 Å². The second kappa shape index (κ2) is 21.3. The van der Waals surface area contributed by atoms with Crippen LogP contribution < -0.4 is 25.5 Å². The van der Waals surface area contributed by atoms with Crippen LogP contribution >= 0.6 is 0 Å². The average Bonchev–Trinajstić information content (AvgIpc) is 2.88. The van der Waals surface area contributed by atoms with Gasteiger partial charge in [-0.25, -0.2) is 0 Å². The number of hydrogen-bond donors (Lipinski definition) is 0. The summed E-state index contributed by atoms with van der Waals surface area (Å²) < 4.78 is 0. The molecule has 0 heterocycles. The van der Waals surface area contributed by atoms with E-state index in [9.17, 15) is 25.5 Å². The second-order valence-electron chi connectivity index (χ2n) is 6.57. The molecule has 0 aliphatic rings. The molecule has 5 nitrogen and oxygen atoms in total. The van der Waals surface area contributed by atoms with Gasteiger partial charge in [0.1, 0.15) is 0 Å². The van der Waals surface area contributed by atoms with Crippen LogP contribution in [0.15, 0.2) is 152 Å². The van der Waals surface area contributed by atoms with E-state index >= 15 is 0 Å². The molecule has 0 aliphatic heterocycles. The van der Waals surface area contributed by atoms with E-state index in [-0.39, 0.29) is 49.8 Å². The van der Waals surface area contributed by atoms with Crippen LogP contribution in [0.3, 0.4) is 0 Å². The van der Waals surface area contributed by atoms with Crippen molar-refractivity contribution >= 4 is 0 Å². The summed E-state index contributed by atoms with van der Waals surface area (Å²) in [6.45, 7) is 0. The van der Waals surface area contributed by atoms with Crippen molar-refractivity contribution in [1.82, 2.24) is 0 Å². The maximum absolute atomic E-state index is 10.3. The molecule has 0 fully saturated rings. The third-order valence-electron chi connectivity index (χ3n) is 3.72. The van der Waals surface area contributed by atoms with Crippen LogP contribution in [0.25, 0.3) is 0 Å². The van der Waals surface area contributed by atoms with Crippen molar-refractivity contribution in [1.29, 1.82) is 0 Å². The SMILES string of the molecule is [O-]c1ccccc1.[O-]c1ccccc1.[O-]c1ccccc1.[O-]c1ccccc1.[O-]c1ccccc1.[W+5]. The van der Waals surface area contributed by atoms with Crippen LogP contribution in [0.2, 0.25) is 0 Å². The number of benzene rings is 5. The molecule has 5 rings (SSSR count). The molecule has 5 aromatic rings. The number of rotatable bonds is 0. The zero-order valence-electron chi connectivity index (χ0n) is 19.4. The van der Waals surface area contributed by atoms with E-state index in [1.54, 1.807) is 60.7 Å². The Balaban J connectivity index is 0.000000422. The predicted octanol–water partition coefficient (Wildman–Crippen LogP) is 3.80. The monoisotopic (exact) mass is 649 g/mol. The van der Waals surface area contributed by atoms with Gasteiger partial charge in [0.25, 0.3) is 0 Å². The van der Waals surface area contributed by atoms with E-state index in [2.05, 4.69) is 0 Å². The summed E-state index contributed by atoms with van der Waals surface area (Å²) in [5, 5.41) is 51.3. The third-order valence-corrected chi connectivity index (χ3v) is 3.72. The van der Waals surface area contributed by atoms with Crippen LogP contribution in [0, 0.1) is 0 Å². The van der Waals surface area contributed by atoms with Crippen LogP contribution in [0.1, 0.15) is 0 Å². The molecule has 0 bridgehead atoms. The predicted molar refractivity (Wildman–Crippen MR) is 129 cm³/mol. The fraction of sp³-hybridized carbons (Fsp3) is 0. The Morgan fingerprint density at radius 1 is 0.222 bits per heavy atom. The fourth-order valence-corrected chi connectivity index (χ4v) is 2.10. The Labute approximate surface area is 226 Å². The molecular formula is C30H25O5W. The van der Waals surface area contributed by atoms with Gasteiger partial charge in [0, 0.05) is 0 Å². The quantitative estimate of drug-likeness (QED) is 0.253. The van der Waals surface area contributed by atoms with E-state index < -0.39 is 0 Å². The van der Waals surface area contributed by atoms with E-state index in [1.807, 2.05) is 30.3 Å². The molecule has 5 aromatic carbocycles. The molecular weight excluding hydrogens is 624 g/mol. The Morgan fingerprint density at radius 3 is 0.389 bits per heavy atom. The summed E-state index contributed by atoms with van der Waals surface area (Å²) in [7, 11) is 0. The van der Waals surface area contributed by atoms with Crippen molar-refractivity contribution in [3.63, 3.8) is 0 Å². The van der Waals surface area contributed by atoms with Gasteiger partial charge in [0.2, 0.25) is 0 Å². The Kier molecular flexibility index (Phi) is 18.8. The van der Waals surface area contributed by atoms with E-state index in [1.165, 1.54) is 60.7 Å². The molecule has 0 aliphatic carbocycles. The molecule has 36 heavy (non-hydrogen) atoms. The molecule has 0 amide bonds. The molecule has 0 atom stereocenters. The van der Waals surface area contributed by atoms with Crippen LogP contribution in [0.4, 0.5) is 0 Å². The largest absolute Gasteiger partial charge is 5.00 e. The molecule has 6 heteroatoms. The van der Waals surface area contributed by atoms with Crippen molar-refractivity contribution < 1.29 is 46.6 Å². The molecule has 0 N–H and O–H groups in total. The minimum Gasteiger partial charge on any atom is -0.872 e. The van der Waals surface area contributed by atoms with E-state index in [0.29, 0.717) is 0 Å². The maximum Gasteiger partial charge on any atom is 5.00 e. The molecule has 0 saturated carbocycles. The maximum atomic E-state index is 10.3. The topological polar surface area (TPSA) is 115 Å². The third kappa shape index (κ3) is 19.3. The molecule has 0 spiro atoms. The average molecular weight is 649 g/mol. The molecule has 0 unspecified atom stereocenters. The van der Waals surface area contributed by atoms with Gasteiger partial charge in [-0.3, -0.25) is 0 Å². The van der Waals surface area contributed by atoms with Gasteiger partial charge in [-0.15, -0.1) is 28.7 Å². The standard InChI is InChI=1S/5C6H6O.W/c5*7-6-4-2-1-3-5-6;/h5*1-5,7H;/q;;;;;+5/p-5. The van der Waals surface area contributed by atoms with Gasteiger partial charge in [-0.2, -0.15) is 0 Å². The summed E-state index contributed by atoms with van der Waals surface area (Å²) >= 11 is 0. The molecule has 0 saturated heterocycles. The normalized spacial score (nSPS) is 8.33. The van der Waals surface area contributed by atoms with Crippen LogP contribution in [0.5, 0.6) is 28.7 Å². The zero-order chi connectivity index (χ0) is 25.6. The first-order chi connectivity index (χ1) is 17.0. The van der Waals surface area contributed by atoms with Gasteiger partial charge in [-0.1, -0.05) is 152 Å². The van der Waals surface area contributed by atoms with Gasteiger partial charge in [0.15, 0.2) is 0 Å². The van der Waals surface area contributed by atoms with Gasteiger partial charge in [0.05, 0.1) is 0 Å². The zero-order valence-corrected chi connectivity index (χ0v) is 22.3. The minimum absolute atomic E-state index is 0. The number of para-hydroxylation sites is 5. The fourth-order valence-electron chi connectivity index (χ4n) is 2.10. The van der Waals surface area contributed by atoms with Crippen molar-refractivity contribution in [3.8, 4) is 28.7 Å². The van der Waals surface area contributed by atoms with Crippen molar-refractivity contribution in [3.05, 3.63) is 152 Å². The van der Waals surface area contributed by atoms with E-state index in [4.69, 9.17) is 0 Å². The first-order valence-corrected chi connectivity index (χ1v) is 10.6. The first kappa shape index (κ1) is 31.8. The minimum atomic E-state index is 0. The summed E-state index contributed by atoms with van der Waals surface area (Å²) in [6.07, 6.45) is 0. The Morgan fingerprint density at radius 2 is 0.333 bits per heavy atom. The van der Waals surface area contributed by atoms with Crippen LogP contribution in [-0.2, 0) is 21.1 Å². The summed E-state index contributed by atoms with van der Waals surface area (Å²) in [5.41, 5.74) is 0. The molecule has 0 aromatic heterocycles. The van der Waals surface area contributed by atoms with Crippen molar-refractivity contribution in [2.45, 2.75) is 0 Å². The van der Waals surface area contributed by atoms with Crippen LogP contribution in [-0.4, -0.2) is 0 Å². The second-order valence-corrected chi connectivity index (χ2v) is 6.57. The summed E-state index contributed by atoms with van der Waals surface area (Å²) in [6, 6.07) is 41.6. The van der Waals surface area contributed by atoms with Crippen molar-refractivity contribution in [2.24, 2.45) is 0 Å². The first-order valence-electron chi connectivity index (χ1n) is 10.6. The smallest absolute Gasteiger partial charge is 0.872 e. The molecule has 181 valence electrons. The van der Waals surface area contributed by atoms with E-state index in [0.717, 1.165) is 0 Å². The van der Waals surface area contributed by atoms with Gasteiger partial charge < -0.3 is 25.5 Å². The summed E-state index contributed by atoms with van der Waals surface area (Å²) in [4.78, 5) is 0. The summed E-state index contributed by atoms with van der Waals surface area (Å²) in [5.74, 6) is 0.359. The molecule has 1 radical (unpaired) electrons.